The monoisotopic (exact) mass is 180 g/mol. The summed E-state index contributed by atoms with van der Waals surface area (Å²) in [5.41, 5.74) is 0. The van der Waals surface area contributed by atoms with Crippen molar-refractivity contribution in [2.45, 2.75) is 0 Å². The Kier molecular flexibility index (Phi) is 5.19. The molecule has 0 saturated carbocycles. The van der Waals surface area contributed by atoms with Crippen LogP contribution in [-0.2, 0) is 0 Å². The summed E-state index contributed by atoms with van der Waals surface area (Å²) in [6.45, 7) is 1.02. The Morgan fingerprint density at radius 3 is 1.82 bits per heavy atom. The van der Waals surface area contributed by atoms with Crippen LogP contribution < -0.4 is 0 Å². The largest absolute Gasteiger partial charge is 0.392 e. The number of rotatable bonds is 5. The number of aliphatic hydroxyl groups is 2. The van der Waals surface area contributed by atoms with Crippen molar-refractivity contribution in [2.24, 2.45) is 0 Å². The zero-order valence-corrected chi connectivity index (χ0v) is 8.51. The number of aliphatic hydroxyl groups excluding tert-OH is 2. The van der Waals surface area contributed by atoms with E-state index >= 15 is 0 Å². The van der Waals surface area contributed by atoms with Gasteiger partial charge in [-0.3, -0.25) is 0 Å². The van der Waals surface area contributed by atoms with Crippen LogP contribution in [0.1, 0.15) is 0 Å². The minimum Gasteiger partial charge on any atom is -0.392 e. The van der Waals surface area contributed by atoms with Crippen molar-refractivity contribution >= 4 is 7.92 Å². The second-order valence-corrected chi connectivity index (χ2v) is 6.05. The first-order valence-corrected chi connectivity index (χ1v) is 5.64. The smallest absolute Gasteiger partial charge is 0.0821 e. The Morgan fingerprint density at radius 2 is 1.55 bits per heavy atom. The van der Waals surface area contributed by atoms with Crippen molar-refractivity contribution in [1.29, 1.82) is 0 Å². The van der Waals surface area contributed by atoms with Crippen molar-refractivity contribution in [3.05, 3.63) is 0 Å². The first-order chi connectivity index (χ1) is 4.99. The summed E-state index contributed by atoms with van der Waals surface area (Å²) in [5.74, 6) is 0. The topological polar surface area (TPSA) is 40.5 Å². The molecule has 0 aliphatic rings. The second kappa shape index (κ2) is 5.04. The van der Waals surface area contributed by atoms with Gasteiger partial charge in [0.1, 0.15) is 0 Å². The molecular weight excluding hydrogens is 161 g/mol. The minimum atomic E-state index is -0.525. The average Bonchev–Trinajstić information content (AvgIpc) is 1.88. The van der Waals surface area contributed by atoms with Gasteiger partial charge >= 0.3 is 0 Å². The molecule has 0 aromatic carbocycles. The van der Waals surface area contributed by atoms with Crippen molar-refractivity contribution in [3.63, 3.8) is 0 Å². The van der Waals surface area contributed by atoms with Crippen LogP contribution in [0, 0.1) is 0 Å². The minimum absolute atomic E-state index is 0.159. The molecule has 0 rings (SSSR count). The van der Waals surface area contributed by atoms with Gasteiger partial charge in [0.2, 0.25) is 0 Å². The Bertz CT molecular complexity index is 99.1. The highest BCUT2D eigenvalue weighted by Crippen LogP contribution is 2.31. The fourth-order valence-electron chi connectivity index (χ4n) is 0.628. The SMILES string of the molecule is C[N+](C)(C)CCP(CO)CO. The molecule has 0 amide bonds. The molecule has 2 N–H and O–H groups in total. The molecule has 0 spiro atoms. The van der Waals surface area contributed by atoms with Gasteiger partial charge < -0.3 is 14.7 Å². The summed E-state index contributed by atoms with van der Waals surface area (Å²) < 4.78 is 0.902. The van der Waals surface area contributed by atoms with Gasteiger partial charge in [-0.15, -0.1) is 0 Å². The van der Waals surface area contributed by atoms with E-state index < -0.39 is 7.92 Å². The van der Waals surface area contributed by atoms with Gasteiger partial charge in [-0.1, -0.05) is 0 Å². The molecular formula is C7H19NO2P+. The summed E-state index contributed by atoms with van der Waals surface area (Å²) >= 11 is 0. The van der Waals surface area contributed by atoms with Crippen LogP contribution in [0.5, 0.6) is 0 Å². The van der Waals surface area contributed by atoms with E-state index in [4.69, 9.17) is 10.2 Å². The molecule has 11 heavy (non-hydrogen) atoms. The molecule has 0 aromatic rings. The maximum atomic E-state index is 8.78. The predicted molar refractivity (Wildman–Crippen MR) is 48.9 cm³/mol. The van der Waals surface area contributed by atoms with E-state index in [1.165, 1.54) is 0 Å². The molecule has 4 heteroatoms. The van der Waals surface area contributed by atoms with E-state index in [-0.39, 0.29) is 12.7 Å². The number of hydrogen-bond acceptors (Lipinski definition) is 2. The number of nitrogens with zero attached hydrogens (tertiary/aromatic N) is 1. The molecule has 0 fully saturated rings. The van der Waals surface area contributed by atoms with Crippen LogP contribution in [0.15, 0.2) is 0 Å². The molecule has 0 unspecified atom stereocenters. The van der Waals surface area contributed by atoms with Crippen LogP contribution in [-0.4, -0.2) is 61.2 Å². The van der Waals surface area contributed by atoms with Gasteiger partial charge in [0, 0.05) is 6.16 Å². The van der Waals surface area contributed by atoms with E-state index in [0.717, 1.165) is 17.2 Å². The molecule has 0 saturated heterocycles. The zero-order valence-electron chi connectivity index (χ0n) is 7.62. The second-order valence-electron chi connectivity index (χ2n) is 3.69. The molecule has 3 nitrogen and oxygen atoms in total. The molecule has 0 radical (unpaired) electrons. The van der Waals surface area contributed by atoms with E-state index in [2.05, 4.69) is 21.1 Å². The van der Waals surface area contributed by atoms with E-state index in [1.54, 1.807) is 0 Å². The highest BCUT2D eigenvalue weighted by Gasteiger charge is 2.11. The van der Waals surface area contributed by atoms with E-state index in [0.29, 0.717) is 0 Å². The standard InChI is InChI=1S/C7H19NO2P/c1-8(2,3)4-5-11(6-9)7-10/h9-10H,4-7H2,1-3H3/q+1. The van der Waals surface area contributed by atoms with Gasteiger partial charge in [-0.25, -0.2) is 0 Å². The van der Waals surface area contributed by atoms with E-state index in [1.807, 2.05) is 0 Å². The molecule has 68 valence electrons. The molecule has 0 aliphatic heterocycles. The fourth-order valence-corrected chi connectivity index (χ4v) is 1.88. The molecule has 0 atom stereocenters. The van der Waals surface area contributed by atoms with Crippen LogP contribution in [0.2, 0.25) is 0 Å². The molecule has 0 aliphatic carbocycles. The summed E-state index contributed by atoms with van der Waals surface area (Å²) in [6.07, 6.45) is 1.27. The first-order valence-electron chi connectivity index (χ1n) is 3.74. The Balaban J connectivity index is 3.51. The first kappa shape index (κ1) is 11.3. The van der Waals surface area contributed by atoms with Gasteiger partial charge in [-0.05, 0) is 7.92 Å². The van der Waals surface area contributed by atoms with E-state index in [9.17, 15) is 0 Å². The lowest BCUT2D eigenvalue weighted by Gasteiger charge is -2.25. The Labute approximate surface area is 70.0 Å². The summed E-state index contributed by atoms with van der Waals surface area (Å²) in [5, 5.41) is 17.6. The lowest BCUT2D eigenvalue weighted by molar-refractivity contribution is -0.867. The lowest BCUT2D eigenvalue weighted by Crippen LogP contribution is -2.36. The zero-order chi connectivity index (χ0) is 8.91. The lowest BCUT2D eigenvalue weighted by atomic mass is 10.6. The van der Waals surface area contributed by atoms with Crippen LogP contribution >= 0.6 is 7.92 Å². The third-order valence-electron chi connectivity index (χ3n) is 1.49. The van der Waals surface area contributed by atoms with Crippen molar-refractivity contribution in [1.82, 2.24) is 0 Å². The third kappa shape index (κ3) is 6.70. The van der Waals surface area contributed by atoms with Gasteiger partial charge in [-0.2, -0.15) is 0 Å². The summed E-state index contributed by atoms with van der Waals surface area (Å²) in [7, 11) is 5.81. The molecule has 0 heterocycles. The Hall–Kier alpha value is 0.310. The van der Waals surface area contributed by atoms with Crippen molar-refractivity contribution in [2.75, 3.05) is 46.5 Å². The fraction of sp³-hybridized carbons (Fsp3) is 1.00. The molecule has 0 bridgehead atoms. The van der Waals surface area contributed by atoms with Gasteiger partial charge in [0.15, 0.2) is 0 Å². The highest BCUT2D eigenvalue weighted by atomic mass is 31.1. The van der Waals surface area contributed by atoms with Crippen molar-refractivity contribution < 1.29 is 14.7 Å². The highest BCUT2D eigenvalue weighted by molar-refractivity contribution is 7.57. The van der Waals surface area contributed by atoms with Gasteiger partial charge in [0.25, 0.3) is 0 Å². The quantitative estimate of drug-likeness (QED) is 0.464. The number of quaternary nitrogens is 1. The van der Waals surface area contributed by atoms with Crippen LogP contribution in [0.3, 0.4) is 0 Å². The maximum absolute atomic E-state index is 8.78. The summed E-state index contributed by atoms with van der Waals surface area (Å²) in [4.78, 5) is 0. The normalized spacial score (nSPS) is 12.5. The third-order valence-corrected chi connectivity index (χ3v) is 3.12. The summed E-state index contributed by atoms with van der Waals surface area (Å²) in [6, 6.07) is 0. The Morgan fingerprint density at radius 1 is 1.09 bits per heavy atom. The predicted octanol–water partition coefficient (Wildman–Crippen LogP) is 0.0741. The molecule has 0 aromatic heterocycles. The maximum Gasteiger partial charge on any atom is 0.0821 e. The van der Waals surface area contributed by atoms with Crippen LogP contribution in [0.25, 0.3) is 0 Å². The average molecular weight is 180 g/mol. The number of hydrogen-bond donors (Lipinski definition) is 2. The van der Waals surface area contributed by atoms with Gasteiger partial charge in [0.05, 0.1) is 40.4 Å². The van der Waals surface area contributed by atoms with Crippen LogP contribution in [0.4, 0.5) is 0 Å². The van der Waals surface area contributed by atoms with Crippen molar-refractivity contribution in [3.8, 4) is 0 Å².